The zero-order valence-electron chi connectivity index (χ0n) is 14.8. The van der Waals surface area contributed by atoms with Crippen LogP contribution in [0.1, 0.15) is 18.5 Å². The van der Waals surface area contributed by atoms with E-state index in [1.807, 2.05) is 0 Å². The maximum Gasteiger partial charge on any atom is 0.511 e. The van der Waals surface area contributed by atoms with Gasteiger partial charge < -0.3 is 15.2 Å². The van der Waals surface area contributed by atoms with Crippen molar-refractivity contribution in [2.75, 3.05) is 11.9 Å². The number of hydrogen-bond donors (Lipinski definition) is 2. The van der Waals surface area contributed by atoms with E-state index in [1.165, 1.54) is 31.2 Å². The molecule has 0 fully saturated rings. The minimum absolute atomic E-state index is 0.0750. The molecule has 146 valence electrons. The van der Waals surface area contributed by atoms with Gasteiger partial charge in [-0.05, 0) is 36.8 Å². The van der Waals surface area contributed by atoms with Gasteiger partial charge in [-0.1, -0.05) is 41.9 Å². The highest BCUT2D eigenvalue weighted by atomic mass is 35.5. The number of carbonyl (C=O) groups excluding carboxylic acids is 1. The number of aliphatic hydroxyl groups excluding tert-OH is 1. The highest BCUT2D eigenvalue weighted by molar-refractivity contribution is 6.30. The van der Waals surface area contributed by atoms with Crippen LogP contribution in [0.2, 0.25) is 5.02 Å². The largest absolute Gasteiger partial charge is 0.511 e. The van der Waals surface area contributed by atoms with Crippen LogP contribution < -0.4 is 5.32 Å². The first-order valence-corrected chi connectivity index (χ1v) is 8.59. The summed E-state index contributed by atoms with van der Waals surface area (Å²) in [6.45, 7) is 1.29. The summed E-state index contributed by atoms with van der Waals surface area (Å²) in [5.41, 5.74) is -0.861. The van der Waals surface area contributed by atoms with Gasteiger partial charge in [0.1, 0.15) is 6.04 Å². The Morgan fingerprint density at radius 3 is 2.39 bits per heavy atom. The van der Waals surface area contributed by atoms with Crippen LogP contribution in [0, 0.1) is 5.39 Å². The second kappa shape index (κ2) is 9.15. The summed E-state index contributed by atoms with van der Waals surface area (Å²) in [5, 5.41) is 22.0. The monoisotopic (exact) mass is 408 g/mol. The number of esters is 1. The molecular formula is C19H17ClF2N3O3+. The fourth-order valence-electron chi connectivity index (χ4n) is 2.42. The summed E-state index contributed by atoms with van der Waals surface area (Å²) >= 11 is 5.83. The standard InChI is InChI=1S/C19H16ClF2N3O3/c1-2-28-18(27)15(25-23)17(26)19(21,22)16(12-8-10-13(20)11-9-12)24-14-6-4-3-5-7-14/h3-11,16,24H,2H2,1H3/p+1. The molecule has 1 unspecified atom stereocenters. The predicted molar refractivity (Wildman–Crippen MR) is 101 cm³/mol. The number of alkyl halides is 2. The minimum Gasteiger partial charge on any atom is -0.500 e. The smallest absolute Gasteiger partial charge is 0.500 e. The van der Waals surface area contributed by atoms with Crippen LogP contribution in [-0.2, 0) is 9.53 Å². The van der Waals surface area contributed by atoms with Crippen molar-refractivity contribution in [1.82, 2.24) is 0 Å². The zero-order valence-corrected chi connectivity index (χ0v) is 15.5. The summed E-state index contributed by atoms with van der Waals surface area (Å²) in [6, 6.07) is 11.8. The third-order valence-electron chi connectivity index (χ3n) is 3.76. The lowest BCUT2D eigenvalue weighted by Gasteiger charge is -2.27. The van der Waals surface area contributed by atoms with E-state index in [1.54, 1.807) is 30.3 Å². The molecule has 0 bridgehead atoms. The van der Waals surface area contributed by atoms with E-state index in [4.69, 9.17) is 17.0 Å². The number of rotatable bonds is 7. The van der Waals surface area contributed by atoms with E-state index in [9.17, 15) is 9.90 Å². The summed E-state index contributed by atoms with van der Waals surface area (Å²) in [7, 11) is 0. The molecule has 2 rings (SSSR count). The third-order valence-corrected chi connectivity index (χ3v) is 4.01. The van der Waals surface area contributed by atoms with Gasteiger partial charge in [0.05, 0.1) is 6.61 Å². The fourth-order valence-corrected chi connectivity index (χ4v) is 2.54. The molecule has 1 atom stereocenters. The van der Waals surface area contributed by atoms with Gasteiger partial charge in [0.15, 0.2) is 4.98 Å². The van der Waals surface area contributed by atoms with Gasteiger partial charge in [-0.15, -0.1) is 0 Å². The molecule has 28 heavy (non-hydrogen) atoms. The van der Waals surface area contributed by atoms with Gasteiger partial charge in [-0.25, -0.2) is 4.79 Å². The Morgan fingerprint density at radius 2 is 1.86 bits per heavy atom. The number of benzene rings is 2. The molecule has 0 heterocycles. The lowest BCUT2D eigenvalue weighted by atomic mass is 9.97. The lowest BCUT2D eigenvalue weighted by molar-refractivity contribution is -0.139. The highest BCUT2D eigenvalue weighted by Crippen LogP contribution is 2.40. The molecule has 0 aliphatic rings. The van der Waals surface area contributed by atoms with Crippen LogP contribution in [0.15, 0.2) is 66.1 Å². The molecule has 0 saturated carbocycles. The summed E-state index contributed by atoms with van der Waals surface area (Å²) < 4.78 is 35.0. The van der Waals surface area contributed by atoms with Gasteiger partial charge in [0.2, 0.25) is 5.39 Å². The van der Waals surface area contributed by atoms with E-state index < -0.39 is 29.4 Å². The molecule has 0 spiro atoms. The van der Waals surface area contributed by atoms with Gasteiger partial charge >= 0.3 is 17.6 Å². The first-order chi connectivity index (χ1) is 13.3. The maximum absolute atomic E-state index is 15.2. The van der Waals surface area contributed by atoms with Crippen LogP contribution in [-0.4, -0.2) is 23.6 Å². The second-order valence-corrected chi connectivity index (χ2v) is 6.07. The van der Waals surface area contributed by atoms with Crippen molar-refractivity contribution in [2.24, 2.45) is 0 Å². The SMILES string of the molecule is CCOC(=O)/C([N+]#N)=C(\O)C(F)(F)C(Nc1ccccc1)c1ccc(Cl)cc1. The summed E-state index contributed by atoms with van der Waals surface area (Å²) in [6.07, 6.45) is 0. The zero-order chi connectivity index (χ0) is 20.7. The molecule has 0 aliphatic heterocycles. The lowest BCUT2D eigenvalue weighted by Crippen LogP contribution is -2.35. The Labute approximate surface area is 165 Å². The quantitative estimate of drug-likeness (QED) is 0.280. The van der Waals surface area contributed by atoms with Crippen LogP contribution in [0.4, 0.5) is 14.5 Å². The molecule has 2 aromatic carbocycles. The Balaban J connectivity index is 2.55. The molecule has 2 aromatic rings. The Morgan fingerprint density at radius 1 is 1.25 bits per heavy atom. The van der Waals surface area contributed by atoms with Crippen LogP contribution >= 0.6 is 11.6 Å². The van der Waals surface area contributed by atoms with Crippen LogP contribution in [0.5, 0.6) is 0 Å². The summed E-state index contributed by atoms with van der Waals surface area (Å²) in [4.78, 5) is 14.3. The van der Waals surface area contributed by atoms with Crippen molar-refractivity contribution in [3.63, 3.8) is 0 Å². The summed E-state index contributed by atoms with van der Waals surface area (Å²) in [5.74, 6) is -7.15. The van der Waals surface area contributed by atoms with Crippen molar-refractivity contribution in [2.45, 2.75) is 18.9 Å². The number of nitrogens with one attached hydrogen (secondary N) is 1. The number of halogens is 3. The number of hydrogen-bond acceptors (Lipinski definition) is 5. The van der Waals surface area contributed by atoms with Crippen molar-refractivity contribution < 1.29 is 23.4 Å². The number of ether oxygens (including phenoxy) is 1. The van der Waals surface area contributed by atoms with Gasteiger partial charge in [0, 0.05) is 10.7 Å². The van der Waals surface area contributed by atoms with Gasteiger partial charge in [-0.3, -0.25) is 0 Å². The van der Waals surface area contributed by atoms with Crippen molar-refractivity contribution >= 4 is 23.3 Å². The predicted octanol–water partition coefficient (Wildman–Crippen LogP) is 5.31. The van der Waals surface area contributed by atoms with Crippen LogP contribution in [0.25, 0.3) is 4.98 Å². The third kappa shape index (κ3) is 4.75. The number of anilines is 1. The van der Waals surface area contributed by atoms with Crippen molar-refractivity contribution in [3.05, 3.63) is 81.6 Å². The number of diazo groups is 1. The maximum atomic E-state index is 15.2. The molecule has 0 saturated heterocycles. The van der Waals surface area contributed by atoms with Gasteiger partial charge in [0.25, 0.3) is 5.76 Å². The molecule has 6 nitrogen and oxygen atoms in total. The van der Waals surface area contributed by atoms with Crippen molar-refractivity contribution in [1.29, 1.82) is 5.39 Å². The Bertz CT molecular complexity index is 897. The molecular weight excluding hydrogens is 392 g/mol. The van der Waals surface area contributed by atoms with E-state index in [0.717, 1.165) is 0 Å². The van der Waals surface area contributed by atoms with E-state index in [2.05, 4.69) is 15.0 Å². The number of carbonyl (C=O) groups is 1. The average molecular weight is 409 g/mol. The molecule has 0 amide bonds. The molecule has 9 heteroatoms. The second-order valence-electron chi connectivity index (χ2n) is 5.64. The average Bonchev–Trinajstić information content (AvgIpc) is 2.68. The first-order valence-electron chi connectivity index (χ1n) is 8.22. The van der Waals surface area contributed by atoms with Crippen molar-refractivity contribution in [3.8, 4) is 0 Å². The molecule has 0 aliphatic carbocycles. The molecule has 0 aromatic heterocycles. The van der Waals surface area contributed by atoms with E-state index >= 15 is 8.78 Å². The topological polar surface area (TPSA) is 86.7 Å². The molecule has 2 N–H and O–H groups in total. The van der Waals surface area contributed by atoms with Gasteiger partial charge in [-0.2, -0.15) is 8.78 Å². The first kappa shape index (κ1) is 21.1. The number of nitrogens with zero attached hydrogens (tertiary/aromatic N) is 2. The fraction of sp³-hybridized carbons (Fsp3) is 0.211. The van der Waals surface area contributed by atoms with E-state index in [-0.39, 0.29) is 12.2 Å². The van der Waals surface area contributed by atoms with E-state index in [0.29, 0.717) is 10.7 Å². The van der Waals surface area contributed by atoms with Crippen LogP contribution in [0.3, 0.4) is 0 Å². The molecule has 0 radical (unpaired) electrons. The minimum atomic E-state index is -4.04. The Hall–Kier alpha value is -3.18. The number of para-hydroxylation sites is 1. The Kier molecular flexibility index (Phi) is 6.90. The normalized spacial score (nSPS) is 13.1. The number of aliphatic hydroxyl groups is 1. The highest BCUT2D eigenvalue weighted by Gasteiger charge is 2.52.